The van der Waals surface area contributed by atoms with Crippen molar-refractivity contribution < 1.29 is 13.9 Å². The van der Waals surface area contributed by atoms with E-state index in [1.165, 1.54) is 0 Å². The minimum absolute atomic E-state index is 0.110. The molecule has 1 saturated carbocycles. The average molecular weight is 394 g/mol. The lowest BCUT2D eigenvalue weighted by atomic mass is 10.2. The molecule has 3 aromatic rings. The number of carbonyl (C=O) groups is 1. The fraction of sp³-hybridized carbons (Fsp3) is 0.364. The van der Waals surface area contributed by atoms with Gasteiger partial charge in [0.1, 0.15) is 5.52 Å². The SMILES string of the molecule is O=C(Nc1ccc2oc(C3CC3)nc2c1)c1ccccc1SCC1CCCO1. The standard InChI is InChI=1S/C22H22N2O3S/c25-21(17-5-1-2-6-20(17)28-13-16-4-3-11-26-16)23-15-9-10-19-18(12-15)24-22(27-19)14-7-8-14/h1-2,5-6,9-10,12,14,16H,3-4,7-8,11,13H2,(H,23,25). The summed E-state index contributed by atoms with van der Waals surface area (Å²) in [5, 5.41) is 3.01. The van der Waals surface area contributed by atoms with Crippen molar-refractivity contribution in [2.75, 3.05) is 17.7 Å². The van der Waals surface area contributed by atoms with Gasteiger partial charge in [-0.25, -0.2) is 4.98 Å². The first kappa shape index (κ1) is 17.8. The Kier molecular flexibility index (Phi) is 4.82. The highest BCUT2D eigenvalue weighted by atomic mass is 32.2. The molecule has 1 aromatic heterocycles. The second-order valence-corrected chi connectivity index (χ2v) is 8.47. The third-order valence-corrected chi connectivity index (χ3v) is 6.37. The average Bonchev–Trinajstić information content (AvgIpc) is 3.26. The first-order valence-corrected chi connectivity index (χ1v) is 10.8. The summed E-state index contributed by atoms with van der Waals surface area (Å²) in [7, 11) is 0. The quantitative estimate of drug-likeness (QED) is 0.580. The summed E-state index contributed by atoms with van der Waals surface area (Å²) < 4.78 is 11.5. The summed E-state index contributed by atoms with van der Waals surface area (Å²) in [6.45, 7) is 0.848. The van der Waals surface area contributed by atoms with Crippen molar-refractivity contribution in [3.8, 4) is 0 Å². The summed E-state index contributed by atoms with van der Waals surface area (Å²) >= 11 is 1.69. The molecule has 2 fully saturated rings. The van der Waals surface area contributed by atoms with Crippen molar-refractivity contribution in [1.82, 2.24) is 4.98 Å². The van der Waals surface area contributed by atoms with E-state index in [-0.39, 0.29) is 12.0 Å². The van der Waals surface area contributed by atoms with Crippen LogP contribution in [-0.4, -0.2) is 29.4 Å². The number of hydrogen-bond acceptors (Lipinski definition) is 5. The third kappa shape index (κ3) is 3.80. The van der Waals surface area contributed by atoms with Crippen LogP contribution in [0.2, 0.25) is 0 Å². The summed E-state index contributed by atoms with van der Waals surface area (Å²) in [5.41, 5.74) is 2.98. The lowest BCUT2D eigenvalue weighted by Gasteiger charge is -2.12. The zero-order valence-electron chi connectivity index (χ0n) is 15.5. The Morgan fingerprint density at radius 2 is 2.07 bits per heavy atom. The van der Waals surface area contributed by atoms with E-state index in [0.717, 1.165) is 65.6 Å². The number of ether oxygens (including phenoxy) is 1. The second kappa shape index (κ2) is 7.60. The van der Waals surface area contributed by atoms with Crippen LogP contribution in [0.3, 0.4) is 0 Å². The van der Waals surface area contributed by atoms with E-state index in [0.29, 0.717) is 11.5 Å². The first-order valence-electron chi connectivity index (χ1n) is 9.81. The van der Waals surface area contributed by atoms with Gasteiger partial charge in [-0.3, -0.25) is 4.79 Å². The molecular weight excluding hydrogens is 372 g/mol. The van der Waals surface area contributed by atoms with Crippen molar-refractivity contribution in [3.63, 3.8) is 0 Å². The van der Waals surface area contributed by atoms with Gasteiger partial charge in [0.25, 0.3) is 5.91 Å². The molecule has 1 aliphatic carbocycles. The summed E-state index contributed by atoms with van der Waals surface area (Å²) in [6, 6.07) is 13.4. The van der Waals surface area contributed by atoms with Gasteiger partial charge in [-0.15, -0.1) is 11.8 Å². The normalized spacial score (nSPS) is 19.2. The van der Waals surface area contributed by atoms with Crippen molar-refractivity contribution in [1.29, 1.82) is 0 Å². The minimum atomic E-state index is -0.110. The van der Waals surface area contributed by atoms with Gasteiger partial charge in [0.15, 0.2) is 11.5 Å². The predicted octanol–water partition coefficient (Wildman–Crippen LogP) is 5.23. The molecule has 1 saturated heterocycles. The van der Waals surface area contributed by atoms with Gasteiger partial charge in [-0.05, 0) is 56.0 Å². The number of nitrogens with one attached hydrogen (secondary N) is 1. The van der Waals surface area contributed by atoms with E-state index in [2.05, 4.69) is 10.3 Å². The van der Waals surface area contributed by atoms with Crippen molar-refractivity contribution >= 4 is 34.5 Å². The Balaban J connectivity index is 1.31. The lowest BCUT2D eigenvalue weighted by molar-refractivity contribution is 0.102. The van der Waals surface area contributed by atoms with Crippen LogP contribution in [0, 0.1) is 0 Å². The molecular formula is C22H22N2O3S. The molecule has 1 atom stereocenters. The number of carbonyl (C=O) groups excluding carboxylic acids is 1. The number of fused-ring (bicyclic) bond motifs is 1. The van der Waals surface area contributed by atoms with Gasteiger partial charge in [0.05, 0.1) is 11.7 Å². The molecule has 144 valence electrons. The molecule has 1 unspecified atom stereocenters. The smallest absolute Gasteiger partial charge is 0.256 e. The monoisotopic (exact) mass is 394 g/mol. The fourth-order valence-corrected chi connectivity index (χ4v) is 4.58. The maximum atomic E-state index is 12.9. The van der Waals surface area contributed by atoms with Crippen LogP contribution in [0.15, 0.2) is 51.8 Å². The molecule has 0 bridgehead atoms. The molecule has 5 nitrogen and oxygen atoms in total. The maximum absolute atomic E-state index is 12.9. The first-order chi connectivity index (χ1) is 13.8. The number of amides is 1. The molecule has 2 aliphatic rings. The van der Waals surface area contributed by atoms with Crippen LogP contribution in [0.4, 0.5) is 5.69 Å². The molecule has 2 heterocycles. The largest absolute Gasteiger partial charge is 0.440 e. The Bertz CT molecular complexity index is 1010. The van der Waals surface area contributed by atoms with Gasteiger partial charge in [0, 0.05) is 28.9 Å². The number of oxazole rings is 1. The Hall–Kier alpha value is -2.31. The summed E-state index contributed by atoms with van der Waals surface area (Å²) in [5.74, 6) is 2.05. The van der Waals surface area contributed by atoms with E-state index in [1.807, 2.05) is 42.5 Å². The predicted molar refractivity (Wildman–Crippen MR) is 110 cm³/mol. The molecule has 1 aliphatic heterocycles. The summed E-state index contributed by atoms with van der Waals surface area (Å²) in [4.78, 5) is 18.4. The number of anilines is 1. The van der Waals surface area contributed by atoms with Crippen LogP contribution in [0.1, 0.15) is 47.8 Å². The second-order valence-electron chi connectivity index (χ2n) is 7.41. The van der Waals surface area contributed by atoms with Gasteiger partial charge < -0.3 is 14.5 Å². The van der Waals surface area contributed by atoms with E-state index >= 15 is 0 Å². The Morgan fingerprint density at radius 3 is 2.89 bits per heavy atom. The maximum Gasteiger partial charge on any atom is 0.256 e. The molecule has 5 rings (SSSR count). The van der Waals surface area contributed by atoms with Gasteiger partial charge in [-0.2, -0.15) is 0 Å². The molecule has 28 heavy (non-hydrogen) atoms. The minimum Gasteiger partial charge on any atom is -0.440 e. The number of rotatable bonds is 6. The van der Waals surface area contributed by atoms with E-state index in [4.69, 9.17) is 9.15 Å². The number of nitrogens with zero attached hydrogens (tertiary/aromatic N) is 1. The highest BCUT2D eigenvalue weighted by molar-refractivity contribution is 7.99. The number of hydrogen-bond donors (Lipinski definition) is 1. The fourth-order valence-electron chi connectivity index (χ4n) is 3.46. The van der Waals surface area contributed by atoms with E-state index in [9.17, 15) is 4.79 Å². The van der Waals surface area contributed by atoms with Crippen LogP contribution in [0.25, 0.3) is 11.1 Å². The van der Waals surface area contributed by atoms with Crippen LogP contribution < -0.4 is 5.32 Å². The van der Waals surface area contributed by atoms with Crippen LogP contribution in [-0.2, 0) is 4.74 Å². The number of benzene rings is 2. The molecule has 0 radical (unpaired) electrons. The molecule has 0 spiro atoms. The zero-order chi connectivity index (χ0) is 18.9. The molecule has 1 amide bonds. The van der Waals surface area contributed by atoms with Crippen LogP contribution >= 0.6 is 11.8 Å². The Morgan fingerprint density at radius 1 is 1.18 bits per heavy atom. The number of thioether (sulfide) groups is 1. The van der Waals surface area contributed by atoms with E-state index < -0.39 is 0 Å². The van der Waals surface area contributed by atoms with Crippen molar-refractivity contribution in [3.05, 3.63) is 53.9 Å². The zero-order valence-corrected chi connectivity index (χ0v) is 16.3. The highest BCUT2D eigenvalue weighted by Gasteiger charge is 2.29. The van der Waals surface area contributed by atoms with E-state index in [1.54, 1.807) is 11.8 Å². The van der Waals surface area contributed by atoms with Gasteiger partial charge in [0.2, 0.25) is 0 Å². The van der Waals surface area contributed by atoms with Crippen molar-refractivity contribution in [2.45, 2.75) is 42.6 Å². The van der Waals surface area contributed by atoms with Gasteiger partial charge in [-0.1, -0.05) is 12.1 Å². The highest BCUT2D eigenvalue weighted by Crippen LogP contribution is 2.40. The van der Waals surface area contributed by atoms with Crippen molar-refractivity contribution in [2.24, 2.45) is 0 Å². The summed E-state index contributed by atoms with van der Waals surface area (Å²) in [6.07, 6.45) is 4.81. The third-order valence-electron chi connectivity index (χ3n) is 5.17. The molecule has 1 N–H and O–H groups in total. The topological polar surface area (TPSA) is 64.4 Å². The number of aromatic nitrogens is 1. The molecule has 2 aromatic carbocycles. The lowest BCUT2D eigenvalue weighted by Crippen LogP contribution is -2.14. The van der Waals surface area contributed by atoms with Gasteiger partial charge >= 0.3 is 0 Å². The Labute approximate surface area is 167 Å². The van der Waals surface area contributed by atoms with Crippen LogP contribution in [0.5, 0.6) is 0 Å². The molecule has 6 heteroatoms.